The van der Waals surface area contributed by atoms with E-state index in [-0.39, 0.29) is 58.4 Å². The van der Waals surface area contributed by atoms with E-state index >= 15 is 0 Å². The summed E-state index contributed by atoms with van der Waals surface area (Å²) < 4.78 is 0. The first-order valence-corrected chi connectivity index (χ1v) is 21.5. The molecule has 1 radical (unpaired) electrons. The summed E-state index contributed by atoms with van der Waals surface area (Å²) in [6, 6.07) is 0. The Labute approximate surface area is 378 Å². The van der Waals surface area contributed by atoms with Gasteiger partial charge in [-0.2, -0.15) is 40.5 Å². The molecule has 301 valence electrons. The summed E-state index contributed by atoms with van der Waals surface area (Å²) in [6.45, 7) is 47.3. The van der Waals surface area contributed by atoms with Crippen LogP contribution in [0, 0.1) is 41.5 Å². The van der Waals surface area contributed by atoms with E-state index in [0.717, 1.165) is 19.6 Å². The molecular formula is C47H101B2Zn3. The van der Waals surface area contributed by atoms with Gasteiger partial charge in [0.15, 0.2) is 0 Å². The number of unbranched alkanes of at least 4 members (excludes halogenated alkanes) is 20. The summed E-state index contributed by atoms with van der Waals surface area (Å²) in [5.41, 5.74) is 0. The summed E-state index contributed by atoms with van der Waals surface area (Å²) in [6.07, 6.45) is 41.8. The molecular weight excluding hydrogens is 782 g/mol. The molecule has 0 aromatic heterocycles. The first-order valence-electron chi connectivity index (χ1n) is 21.5. The van der Waals surface area contributed by atoms with Crippen molar-refractivity contribution in [2.24, 2.45) is 0 Å². The van der Waals surface area contributed by atoms with Gasteiger partial charge in [0, 0.05) is 0 Å². The van der Waals surface area contributed by atoms with Crippen LogP contribution in [-0.2, 0) is 58.4 Å². The third-order valence-electron chi connectivity index (χ3n) is 7.76. The molecule has 0 saturated heterocycles. The van der Waals surface area contributed by atoms with Crippen LogP contribution in [0.1, 0.15) is 210 Å². The van der Waals surface area contributed by atoms with Crippen LogP contribution >= 0.6 is 0 Å². The fourth-order valence-corrected chi connectivity index (χ4v) is 4.72. The van der Waals surface area contributed by atoms with E-state index in [0.29, 0.717) is 0 Å². The van der Waals surface area contributed by atoms with Crippen LogP contribution < -0.4 is 0 Å². The number of allylic oxidation sites excluding steroid dienone is 2. The third kappa shape index (κ3) is 124. The van der Waals surface area contributed by atoms with Crippen LogP contribution in [0.25, 0.3) is 0 Å². The van der Waals surface area contributed by atoms with Gasteiger partial charge in [-0.15, -0.1) is 13.2 Å². The fraction of sp³-hybridized carbons (Fsp3) is 0.787. The van der Waals surface area contributed by atoms with Gasteiger partial charge in [0.25, 0.3) is 0 Å². The van der Waals surface area contributed by atoms with Crippen molar-refractivity contribution in [3.63, 3.8) is 0 Å². The number of rotatable bonds is 28. The normalized spacial score (nSPS) is 8.21. The molecule has 0 aliphatic rings. The standard InChI is InChI=1S/C15H33B.C10H20.C10H18.C4H10B.4C2H5.3Zn/c1-4-7-8-9-10-11-12-13-14-15-16(5-2)6-3;2*1-3-5-7-9-10-8-6-4-2;1-3-5-4-2;4*1-2;;;/h4-15H2,1-3H3;1-10H2;3-4H,1-2,5-10H2;3-4H2,1-2H3;4*1H2,2H3;;;/q;-2;;;4*-1;3*+2. The van der Waals surface area contributed by atoms with E-state index in [1.54, 1.807) is 27.7 Å². The molecule has 52 heavy (non-hydrogen) atoms. The van der Waals surface area contributed by atoms with Gasteiger partial charge in [0.05, 0.1) is 0 Å². The number of hydrogen-bond acceptors (Lipinski definition) is 0. The fourth-order valence-electron chi connectivity index (χ4n) is 4.72. The van der Waals surface area contributed by atoms with Crippen molar-refractivity contribution in [3.8, 4) is 0 Å². The summed E-state index contributed by atoms with van der Waals surface area (Å²) in [5, 5.41) is 0. The molecule has 0 heterocycles. The van der Waals surface area contributed by atoms with Gasteiger partial charge >= 0.3 is 58.4 Å². The molecule has 0 nitrogen and oxygen atoms in total. The van der Waals surface area contributed by atoms with Crippen molar-refractivity contribution >= 4 is 14.0 Å². The second kappa shape index (κ2) is 110. The largest absolute Gasteiger partial charge is 2.00 e. The Morgan fingerprint density at radius 1 is 0.423 bits per heavy atom. The Morgan fingerprint density at radius 2 is 0.692 bits per heavy atom. The Morgan fingerprint density at radius 3 is 0.923 bits per heavy atom. The van der Waals surface area contributed by atoms with Crippen LogP contribution in [0.5, 0.6) is 0 Å². The molecule has 0 atom stereocenters. The summed E-state index contributed by atoms with van der Waals surface area (Å²) in [7, 11) is 2.25. The quantitative estimate of drug-likeness (QED) is 0.0318. The molecule has 0 aliphatic carbocycles. The first-order chi connectivity index (χ1) is 24.1. The summed E-state index contributed by atoms with van der Waals surface area (Å²) in [5.74, 6) is 0. The minimum absolute atomic E-state index is 0. The molecule has 0 fully saturated rings. The summed E-state index contributed by atoms with van der Waals surface area (Å²) in [4.78, 5) is 0. The first kappa shape index (κ1) is 81.6. The Hall–Kier alpha value is 1.48. The van der Waals surface area contributed by atoms with Crippen LogP contribution in [0.15, 0.2) is 25.3 Å². The van der Waals surface area contributed by atoms with Crippen molar-refractivity contribution in [2.45, 2.75) is 242 Å². The van der Waals surface area contributed by atoms with E-state index in [1.165, 1.54) is 166 Å². The average molecular weight is 884 g/mol. The topological polar surface area (TPSA) is 0 Å². The molecule has 0 saturated carbocycles. The molecule has 0 amide bonds. The maximum Gasteiger partial charge on any atom is 2.00 e. The van der Waals surface area contributed by atoms with Crippen LogP contribution in [0.3, 0.4) is 0 Å². The zero-order valence-corrected chi connectivity index (χ0v) is 47.8. The van der Waals surface area contributed by atoms with Crippen LogP contribution in [0.2, 0.25) is 31.6 Å². The van der Waals surface area contributed by atoms with Gasteiger partial charge in [-0.05, 0) is 25.7 Å². The smallest absolute Gasteiger partial charge is 0.346 e. The zero-order valence-electron chi connectivity index (χ0n) is 38.9. The molecule has 0 aliphatic heterocycles. The molecule has 0 N–H and O–H groups in total. The van der Waals surface area contributed by atoms with Gasteiger partial charge < -0.3 is 41.5 Å². The predicted octanol–water partition coefficient (Wildman–Crippen LogP) is 18.4. The maximum absolute atomic E-state index is 3.81. The molecule has 0 aromatic carbocycles. The van der Waals surface area contributed by atoms with Gasteiger partial charge in [-0.1, -0.05) is 188 Å². The Bertz CT molecular complexity index is 397. The SMILES string of the molecule is C=CCCCCCCC=C.CCCCCCCCCCCB(CC)CC.CC[B]CC.[CH2-]C.[CH2-]C.[CH2-]C.[CH2-]C.[CH2-]CCCCCCCC[CH2-].[Zn+2].[Zn+2].[Zn+2]. The van der Waals surface area contributed by atoms with Crippen molar-refractivity contribution in [2.75, 3.05) is 0 Å². The molecule has 0 unspecified atom stereocenters. The average Bonchev–Trinajstić information content (AvgIpc) is 3.16. The molecule has 0 spiro atoms. The minimum Gasteiger partial charge on any atom is -0.346 e. The van der Waals surface area contributed by atoms with Gasteiger partial charge in [-0.3, -0.25) is 0 Å². The Kier molecular flexibility index (Phi) is 173. The van der Waals surface area contributed by atoms with E-state index in [9.17, 15) is 0 Å². The zero-order chi connectivity index (χ0) is 39.5. The van der Waals surface area contributed by atoms with E-state index < -0.39 is 0 Å². The monoisotopic (exact) mass is 880 g/mol. The third-order valence-corrected chi connectivity index (χ3v) is 7.76. The van der Waals surface area contributed by atoms with E-state index in [1.807, 2.05) is 12.2 Å². The van der Waals surface area contributed by atoms with Gasteiger partial charge in [0.2, 0.25) is 0 Å². The van der Waals surface area contributed by atoms with E-state index in [2.05, 4.69) is 96.6 Å². The molecule has 5 heteroatoms. The minimum atomic E-state index is 0. The maximum atomic E-state index is 3.81. The van der Waals surface area contributed by atoms with Crippen molar-refractivity contribution in [1.82, 2.24) is 0 Å². The van der Waals surface area contributed by atoms with Gasteiger partial charge in [0.1, 0.15) is 14.0 Å². The number of hydrogen-bond donors (Lipinski definition) is 0. The second-order valence-electron chi connectivity index (χ2n) is 11.8. The molecule has 0 aromatic rings. The Balaban J connectivity index is -0.0000000460. The van der Waals surface area contributed by atoms with Crippen molar-refractivity contribution < 1.29 is 58.4 Å². The van der Waals surface area contributed by atoms with Crippen LogP contribution in [0.4, 0.5) is 0 Å². The van der Waals surface area contributed by atoms with E-state index in [4.69, 9.17) is 0 Å². The summed E-state index contributed by atoms with van der Waals surface area (Å²) >= 11 is 0. The second-order valence-corrected chi connectivity index (χ2v) is 11.8. The van der Waals surface area contributed by atoms with Crippen LogP contribution in [-0.4, -0.2) is 14.0 Å². The van der Waals surface area contributed by atoms with Crippen molar-refractivity contribution in [1.29, 1.82) is 0 Å². The van der Waals surface area contributed by atoms with Crippen molar-refractivity contribution in [3.05, 3.63) is 66.9 Å². The predicted molar refractivity (Wildman–Crippen MR) is 245 cm³/mol. The van der Waals surface area contributed by atoms with Gasteiger partial charge in [-0.25, -0.2) is 0 Å². The molecule has 0 rings (SSSR count). The molecule has 0 bridgehead atoms.